The van der Waals surface area contributed by atoms with Gasteiger partial charge in [-0.05, 0) is 14.0 Å². The summed E-state index contributed by atoms with van der Waals surface area (Å²) in [4.78, 5) is 2.28. The fourth-order valence-corrected chi connectivity index (χ4v) is 1.86. The Balaban J connectivity index is 2.22. The van der Waals surface area contributed by atoms with Gasteiger partial charge in [0.25, 0.3) is 0 Å². The Labute approximate surface area is 84.0 Å². The van der Waals surface area contributed by atoms with Gasteiger partial charge < -0.3 is 15.2 Å². The molecule has 14 heavy (non-hydrogen) atoms. The quantitative estimate of drug-likeness (QED) is 0.749. The van der Waals surface area contributed by atoms with Gasteiger partial charge in [-0.15, -0.1) is 0 Å². The predicted octanol–water partition coefficient (Wildman–Crippen LogP) is 0.552. The van der Waals surface area contributed by atoms with E-state index in [1.54, 1.807) is 0 Å². The molecule has 0 radical (unpaired) electrons. The first-order valence-corrected chi connectivity index (χ1v) is 5.07. The van der Waals surface area contributed by atoms with Crippen LogP contribution in [-0.4, -0.2) is 29.7 Å². The fraction of sp³-hybridized carbons (Fsp3) is 0.700. The van der Waals surface area contributed by atoms with E-state index >= 15 is 0 Å². The first-order valence-electron chi connectivity index (χ1n) is 5.07. The van der Waals surface area contributed by atoms with Gasteiger partial charge in [-0.3, -0.25) is 0 Å². The Morgan fingerprint density at radius 1 is 1.64 bits per heavy atom. The lowest BCUT2D eigenvalue weighted by atomic mass is 10.0. The van der Waals surface area contributed by atoms with E-state index in [1.807, 2.05) is 6.92 Å². The smallest absolute Gasteiger partial charge is 0.143 e. The maximum atomic E-state index is 5.75. The third kappa shape index (κ3) is 1.81. The molecule has 4 nitrogen and oxygen atoms in total. The van der Waals surface area contributed by atoms with Gasteiger partial charge >= 0.3 is 0 Å². The van der Waals surface area contributed by atoms with Crippen LogP contribution in [-0.2, 0) is 19.4 Å². The van der Waals surface area contributed by atoms with Gasteiger partial charge in [-0.1, -0.05) is 5.16 Å². The van der Waals surface area contributed by atoms with Crippen LogP contribution >= 0.6 is 0 Å². The van der Waals surface area contributed by atoms with Gasteiger partial charge in [-0.2, -0.15) is 0 Å². The van der Waals surface area contributed by atoms with E-state index in [0.717, 1.165) is 37.4 Å². The highest BCUT2D eigenvalue weighted by molar-refractivity contribution is 5.25. The van der Waals surface area contributed by atoms with Gasteiger partial charge in [0.15, 0.2) is 0 Å². The Kier molecular flexibility index (Phi) is 2.56. The second kappa shape index (κ2) is 3.71. The average Bonchev–Trinajstić information content (AvgIpc) is 2.47. The van der Waals surface area contributed by atoms with E-state index in [4.69, 9.17) is 10.3 Å². The topological polar surface area (TPSA) is 55.3 Å². The van der Waals surface area contributed by atoms with Crippen molar-refractivity contribution < 1.29 is 4.52 Å². The molecule has 0 fully saturated rings. The number of nitrogens with zero attached hydrogens (tertiary/aromatic N) is 2. The molecule has 0 saturated heterocycles. The van der Waals surface area contributed by atoms with Crippen LogP contribution in [0.1, 0.15) is 23.9 Å². The number of hydrogen-bond donors (Lipinski definition) is 1. The molecular weight excluding hydrogens is 178 g/mol. The van der Waals surface area contributed by atoms with E-state index in [9.17, 15) is 0 Å². The molecule has 0 amide bonds. The van der Waals surface area contributed by atoms with E-state index in [-0.39, 0.29) is 6.04 Å². The Bertz CT molecular complexity index is 319. The van der Waals surface area contributed by atoms with Gasteiger partial charge in [0.05, 0.1) is 5.69 Å². The molecule has 1 aliphatic heterocycles. The summed E-state index contributed by atoms with van der Waals surface area (Å²) in [5.41, 5.74) is 8.13. The lowest BCUT2D eigenvalue weighted by molar-refractivity contribution is 0.310. The zero-order chi connectivity index (χ0) is 10.1. The maximum Gasteiger partial charge on any atom is 0.143 e. The van der Waals surface area contributed by atoms with E-state index in [1.165, 1.54) is 5.56 Å². The number of aromatic nitrogens is 1. The molecule has 0 saturated carbocycles. The van der Waals surface area contributed by atoms with Crippen LogP contribution in [0.4, 0.5) is 0 Å². The maximum absolute atomic E-state index is 5.75. The van der Waals surface area contributed by atoms with Crippen molar-refractivity contribution in [1.82, 2.24) is 10.1 Å². The highest BCUT2D eigenvalue weighted by Gasteiger charge is 2.22. The van der Waals surface area contributed by atoms with Crippen molar-refractivity contribution in [3.63, 3.8) is 0 Å². The molecule has 2 heterocycles. The molecular formula is C10H17N3O. The van der Waals surface area contributed by atoms with Crippen LogP contribution in [0.5, 0.6) is 0 Å². The Morgan fingerprint density at radius 3 is 3.14 bits per heavy atom. The van der Waals surface area contributed by atoms with Crippen molar-refractivity contribution in [2.75, 3.05) is 13.6 Å². The monoisotopic (exact) mass is 195 g/mol. The number of fused-ring (bicyclic) bond motifs is 1. The van der Waals surface area contributed by atoms with Gasteiger partial charge in [0, 0.05) is 37.5 Å². The van der Waals surface area contributed by atoms with Crippen LogP contribution in [0.25, 0.3) is 0 Å². The lowest BCUT2D eigenvalue weighted by Gasteiger charge is -2.21. The fourth-order valence-electron chi connectivity index (χ4n) is 1.86. The van der Waals surface area contributed by atoms with Crippen molar-refractivity contribution in [3.05, 3.63) is 17.0 Å². The Morgan fingerprint density at radius 2 is 2.43 bits per heavy atom. The zero-order valence-corrected chi connectivity index (χ0v) is 8.79. The van der Waals surface area contributed by atoms with E-state index < -0.39 is 0 Å². The first kappa shape index (κ1) is 9.68. The number of hydrogen-bond acceptors (Lipinski definition) is 4. The third-order valence-electron chi connectivity index (χ3n) is 2.62. The minimum absolute atomic E-state index is 0.138. The molecule has 0 bridgehead atoms. The summed E-state index contributed by atoms with van der Waals surface area (Å²) < 4.78 is 5.32. The van der Waals surface area contributed by atoms with Gasteiger partial charge in [0.1, 0.15) is 5.76 Å². The summed E-state index contributed by atoms with van der Waals surface area (Å²) in [7, 11) is 2.12. The third-order valence-corrected chi connectivity index (χ3v) is 2.62. The molecule has 1 atom stereocenters. The molecule has 1 aromatic rings. The summed E-state index contributed by atoms with van der Waals surface area (Å²) in [5, 5.41) is 4.09. The summed E-state index contributed by atoms with van der Waals surface area (Å²) in [5.74, 6) is 0.974. The van der Waals surface area contributed by atoms with Crippen LogP contribution in [0.2, 0.25) is 0 Å². The molecule has 0 spiro atoms. The van der Waals surface area contributed by atoms with Gasteiger partial charge in [-0.25, -0.2) is 0 Å². The zero-order valence-electron chi connectivity index (χ0n) is 8.79. The van der Waals surface area contributed by atoms with Crippen LogP contribution in [0.3, 0.4) is 0 Å². The molecule has 1 unspecified atom stereocenters. The van der Waals surface area contributed by atoms with Crippen molar-refractivity contribution in [2.24, 2.45) is 5.73 Å². The molecule has 2 N–H and O–H groups in total. The summed E-state index contributed by atoms with van der Waals surface area (Å²) in [6.07, 6.45) is 1.78. The van der Waals surface area contributed by atoms with Crippen LogP contribution in [0.15, 0.2) is 4.52 Å². The second-order valence-electron chi connectivity index (χ2n) is 4.20. The standard InChI is InChI=1S/C10H17N3O/c1-7(11)5-10-8-6-13(2)4-3-9(8)12-14-10/h7H,3-6,11H2,1-2H3. The lowest BCUT2D eigenvalue weighted by Crippen LogP contribution is -2.27. The highest BCUT2D eigenvalue weighted by atomic mass is 16.5. The SMILES string of the molecule is CC(N)Cc1onc2c1CN(C)CC2. The normalized spacial score (nSPS) is 19.4. The number of likely N-dealkylation sites (N-methyl/N-ethyl adjacent to an activating group) is 1. The van der Waals surface area contributed by atoms with Crippen LogP contribution < -0.4 is 5.73 Å². The molecule has 1 aliphatic rings. The van der Waals surface area contributed by atoms with Crippen molar-refractivity contribution >= 4 is 0 Å². The molecule has 1 aromatic heterocycles. The summed E-state index contributed by atoms with van der Waals surface area (Å²) >= 11 is 0. The number of nitrogens with two attached hydrogens (primary N) is 1. The summed E-state index contributed by atoms with van der Waals surface area (Å²) in [6.45, 7) is 4.00. The van der Waals surface area contributed by atoms with Crippen molar-refractivity contribution in [2.45, 2.75) is 32.4 Å². The minimum Gasteiger partial charge on any atom is -0.361 e. The number of rotatable bonds is 2. The largest absolute Gasteiger partial charge is 0.361 e. The average molecular weight is 195 g/mol. The van der Waals surface area contributed by atoms with E-state index in [0.29, 0.717) is 0 Å². The molecule has 0 aliphatic carbocycles. The molecule has 2 rings (SSSR count). The summed E-state index contributed by atoms with van der Waals surface area (Å²) in [6, 6.07) is 0.138. The predicted molar refractivity (Wildman–Crippen MR) is 53.9 cm³/mol. The highest BCUT2D eigenvalue weighted by Crippen LogP contribution is 2.21. The molecule has 4 heteroatoms. The molecule has 78 valence electrons. The van der Waals surface area contributed by atoms with Crippen molar-refractivity contribution in [3.8, 4) is 0 Å². The first-order chi connectivity index (χ1) is 6.66. The van der Waals surface area contributed by atoms with Gasteiger partial charge in [0.2, 0.25) is 0 Å². The minimum atomic E-state index is 0.138. The Hall–Kier alpha value is -0.870. The van der Waals surface area contributed by atoms with Crippen molar-refractivity contribution in [1.29, 1.82) is 0 Å². The second-order valence-corrected chi connectivity index (χ2v) is 4.20. The van der Waals surface area contributed by atoms with Crippen LogP contribution in [0, 0.1) is 0 Å². The molecule has 0 aromatic carbocycles. The van der Waals surface area contributed by atoms with E-state index in [2.05, 4.69) is 17.1 Å².